The SMILES string of the molecule is COc1ccc(CNC2CC(C)(C)Cc3c2cnn3-c2ccc(F)cc2)c(OC)c1. The Kier molecular flexibility index (Phi) is 5.52. The van der Waals surface area contributed by atoms with E-state index in [0.29, 0.717) is 6.54 Å². The number of fused-ring (bicyclic) bond motifs is 1. The summed E-state index contributed by atoms with van der Waals surface area (Å²) in [6, 6.07) is 12.5. The molecule has 0 aliphatic heterocycles. The van der Waals surface area contributed by atoms with Crippen LogP contribution in [0.5, 0.6) is 11.5 Å². The largest absolute Gasteiger partial charge is 0.497 e. The van der Waals surface area contributed by atoms with Crippen molar-refractivity contribution in [1.29, 1.82) is 0 Å². The summed E-state index contributed by atoms with van der Waals surface area (Å²) >= 11 is 0. The van der Waals surface area contributed by atoms with E-state index in [0.717, 1.165) is 35.6 Å². The van der Waals surface area contributed by atoms with Gasteiger partial charge in [0.1, 0.15) is 17.3 Å². The van der Waals surface area contributed by atoms with Gasteiger partial charge in [0.25, 0.3) is 0 Å². The molecule has 30 heavy (non-hydrogen) atoms. The monoisotopic (exact) mass is 409 g/mol. The smallest absolute Gasteiger partial charge is 0.127 e. The van der Waals surface area contributed by atoms with Crippen molar-refractivity contribution in [3.8, 4) is 17.2 Å². The van der Waals surface area contributed by atoms with Crippen molar-refractivity contribution in [3.63, 3.8) is 0 Å². The molecule has 1 unspecified atom stereocenters. The predicted molar refractivity (Wildman–Crippen MR) is 115 cm³/mol. The topological polar surface area (TPSA) is 48.3 Å². The number of methoxy groups -OCH3 is 2. The average Bonchev–Trinajstić information content (AvgIpc) is 3.15. The highest BCUT2D eigenvalue weighted by atomic mass is 19.1. The molecule has 1 aliphatic carbocycles. The third kappa shape index (κ3) is 4.05. The summed E-state index contributed by atoms with van der Waals surface area (Å²) in [5.74, 6) is 1.34. The van der Waals surface area contributed by atoms with E-state index in [9.17, 15) is 4.39 Å². The molecule has 1 aromatic heterocycles. The number of aromatic nitrogens is 2. The molecule has 1 N–H and O–H groups in total. The normalized spacial score (nSPS) is 17.4. The van der Waals surface area contributed by atoms with Crippen molar-refractivity contribution in [2.45, 2.75) is 39.3 Å². The van der Waals surface area contributed by atoms with Crippen LogP contribution >= 0.6 is 0 Å². The van der Waals surface area contributed by atoms with Gasteiger partial charge in [0.2, 0.25) is 0 Å². The molecule has 0 saturated heterocycles. The van der Waals surface area contributed by atoms with Crippen LogP contribution in [0.25, 0.3) is 5.69 Å². The Morgan fingerprint density at radius 3 is 2.60 bits per heavy atom. The summed E-state index contributed by atoms with van der Waals surface area (Å²) in [6.45, 7) is 5.23. The summed E-state index contributed by atoms with van der Waals surface area (Å²) in [6.07, 6.45) is 3.87. The zero-order valence-electron chi connectivity index (χ0n) is 17.9. The van der Waals surface area contributed by atoms with Gasteiger partial charge in [-0.2, -0.15) is 5.10 Å². The average molecular weight is 410 g/mol. The highest BCUT2D eigenvalue weighted by molar-refractivity contribution is 5.41. The molecule has 6 heteroatoms. The third-order valence-corrected chi connectivity index (χ3v) is 5.78. The van der Waals surface area contributed by atoms with E-state index in [1.807, 2.05) is 29.1 Å². The molecule has 0 radical (unpaired) electrons. The molecule has 5 nitrogen and oxygen atoms in total. The first kappa shape index (κ1) is 20.4. The summed E-state index contributed by atoms with van der Waals surface area (Å²) < 4.78 is 26.1. The van der Waals surface area contributed by atoms with E-state index in [4.69, 9.17) is 9.47 Å². The number of hydrogen-bond donors (Lipinski definition) is 1. The van der Waals surface area contributed by atoms with E-state index >= 15 is 0 Å². The summed E-state index contributed by atoms with van der Waals surface area (Å²) in [7, 11) is 3.32. The van der Waals surface area contributed by atoms with Gasteiger partial charge >= 0.3 is 0 Å². The molecule has 0 fully saturated rings. The Morgan fingerprint density at radius 1 is 1.13 bits per heavy atom. The van der Waals surface area contributed by atoms with Crippen LogP contribution in [-0.2, 0) is 13.0 Å². The number of ether oxygens (including phenoxy) is 2. The minimum atomic E-state index is -0.243. The molecule has 1 atom stereocenters. The lowest BCUT2D eigenvalue weighted by atomic mass is 9.74. The minimum Gasteiger partial charge on any atom is -0.497 e. The molecule has 0 spiro atoms. The quantitative estimate of drug-likeness (QED) is 0.633. The van der Waals surface area contributed by atoms with Crippen molar-refractivity contribution < 1.29 is 13.9 Å². The van der Waals surface area contributed by atoms with Gasteiger partial charge in [0.15, 0.2) is 0 Å². The van der Waals surface area contributed by atoms with Gasteiger partial charge in [-0.15, -0.1) is 0 Å². The van der Waals surface area contributed by atoms with Crippen LogP contribution in [0.1, 0.15) is 43.1 Å². The van der Waals surface area contributed by atoms with Gasteiger partial charge in [-0.3, -0.25) is 0 Å². The molecule has 0 bridgehead atoms. The Labute approximate surface area is 176 Å². The fourth-order valence-corrected chi connectivity index (χ4v) is 4.26. The standard InChI is InChI=1S/C24H28FN3O2/c1-24(2)12-21(26-14-16-5-10-19(29-3)11-23(16)30-4)20-15-27-28(22(20)13-24)18-8-6-17(25)7-9-18/h5-11,15,21,26H,12-14H2,1-4H3. The van der Waals surface area contributed by atoms with Crippen molar-refractivity contribution in [2.24, 2.45) is 5.41 Å². The van der Waals surface area contributed by atoms with Gasteiger partial charge < -0.3 is 14.8 Å². The molecular weight excluding hydrogens is 381 g/mol. The van der Waals surface area contributed by atoms with E-state index in [2.05, 4.69) is 24.3 Å². The number of rotatable bonds is 6. The first-order chi connectivity index (χ1) is 14.4. The molecule has 3 aromatic rings. The molecular formula is C24H28FN3O2. The summed E-state index contributed by atoms with van der Waals surface area (Å²) in [5, 5.41) is 8.34. The molecule has 2 aromatic carbocycles. The number of hydrogen-bond acceptors (Lipinski definition) is 4. The first-order valence-corrected chi connectivity index (χ1v) is 10.2. The highest BCUT2D eigenvalue weighted by Crippen LogP contribution is 2.41. The second-order valence-corrected chi connectivity index (χ2v) is 8.59. The highest BCUT2D eigenvalue weighted by Gasteiger charge is 2.35. The van der Waals surface area contributed by atoms with Gasteiger partial charge in [-0.05, 0) is 48.6 Å². The fraction of sp³-hybridized carbons (Fsp3) is 0.375. The molecule has 4 rings (SSSR count). The Balaban J connectivity index is 1.61. The van der Waals surface area contributed by atoms with E-state index < -0.39 is 0 Å². The Morgan fingerprint density at radius 2 is 1.90 bits per heavy atom. The molecule has 0 amide bonds. The summed E-state index contributed by atoms with van der Waals surface area (Å²) in [4.78, 5) is 0. The second kappa shape index (κ2) is 8.11. The van der Waals surface area contributed by atoms with Crippen molar-refractivity contribution in [2.75, 3.05) is 14.2 Å². The van der Waals surface area contributed by atoms with E-state index in [1.54, 1.807) is 26.4 Å². The van der Waals surface area contributed by atoms with E-state index in [-0.39, 0.29) is 17.3 Å². The Bertz CT molecular complexity index is 1030. The van der Waals surface area contributed by atoms with Gasteiger partial charge in [0.05, 0.1) is 26.1 Å². The zero-order valence-corrected chi connectivity index (χ0v) is 17.9. The van der Waals surface area contributed by atoms with Crippen LogP contribution in [0.4, 0.5) is 4.39 Å². The number of benzene rings is 2. The number of halogens is 1. The molecule has 0 saturated carbocycles. The van der Waals surface area contributed by atoms with Crippen LogP contribution in [0, 0.1) is 11.2 Å². The second-order valence-electron chi connectivity index (χ2n) is 8.59. The van der Waals surface area contributed by atoms with Crippen LogP contribution < -0.4 is 14.8 Å². The maximum atomic E-state index is 13.4. The van der Waals surface area contributed by atoms with Crippen molar-refractivity contribution >= 4 is 0 Å². The molecule has 1 heterocycles. The lowest BCUT2D eigenvalue weighted by Crippen LogP contribution is -2.33. The fourth-order valence-electron chi connectivity index (χ4n) is 4.26. The van der Waals surface area contributed by atoms with E-state index in [1.165, 1.54) is 23.4 Å². The molecule has 158 valence electrons. The maximum absolute atomic E-state index is 13.4. The lowest BCUT2D eigenvalue weighted by molar-refractivity contribution is 0.252. The summed E-state index contributed by atoms with van der Waals surface area (Å²) in [5.41, 5.74) is 4.45. The van der Waals surface area contributed by atoms with Crippen molar-refractivity contribution in [1.82, 2.24) is 15.1 Å². The van der Waals surface area contributed by atoms with Crippen LogP contribution in [-0.4, -0.2) is 24.0 Å². The predicted octanol–water partition coefficient (Wildman–Crippen LogP) is 4.83. The zero-order chi connectivity index (χ0) is 21.3. The van der Waals surface area contributed by atoms with Gasteiger partial charge in [-0.25, -0.2) is 9.07 Å². The maximum Gasteiger partial charge on any atom is 0.127 e. The van der Waals surface area contributed by atoms with Crippen LogP contribution in [0.2, 0.25) is 0 Å². The number of nitrogens with zero attached hydrogens (tertiary/aromatic N) is 2. The van der Waals surface area contributed by atoms with Crippen molar-refractivity contribution in [3.05, 3.63) is 71.3 Å². The first-order valence-electron chi connectivity index (χ1n) is 10.2. The van der Waals surface area contributed by atoms with Crippen LogP contribution in [0.15, 0.2) is 48.7 Å². The third-order valence-electron chi connectivity index (χ3n) is 5.78. The number of nitrogens with one attached hydrogen (secondary N) is 1. The van der Waals surface area contributed by atoms with Crippen LogP contribution in [0.3, 0.4) is 0 Å². The van der Waals surface area contributed by atoms with Gasteiger partial charge in [0, 0.05) is 35.5 Å². The lowest BCUT2D eigenvalue weighted by Gasteiger charge is -2.36. The van der Waals surface area contributed by atoms with Gasteiger partial charge in [-0.1, -0.05) is 19.9 Å². The molecule has 1 aliphatic rings. The minimum absolute atomic E-state index is 0.118. The Hall–Kier alpha value is -2.86.